The van der Waals surface area contributed by atoms with E-state index in [1.54, 1.807) is 0 Å². The number of unbranched alkanes of at least 4 members (excludes halogenated alkanes) is 13. The number of hydrogen-bond acceptors (Lipinski definition) is 3. The van der Waals surface area contributed by atoms with Crippen molar-refractivity contribution in [2.45, 2.75) is 203 Å². The van der Waals surface area contributed by atoms with Crippen molar-refractivity contribution in [1.29, 1.82) is 0 Å². The van der Waals surface area contributed by atoms with Gasteiger partial charge in [0.1, 0.15) is 0 Å². The highest BCUT2D eigenvalue weighted by Gasteiger charge is 2.51. The number of carbonyl (C=O) groups is 2. The summed E-state index contributed by atoms with van der Waals surface area (Å²) in [4.78, 5) is 25.0. The average Bonchev–Trinajstić information content (AvgIpc) is 2.99. The van der Waals surface area contributed by atoms with Gasteiger partial charge in [0.15, 0.2) is 0 Å². The van der Waals surface area contributed by atoms with Crippen molar-refractivity contribution in [2.24, 2.45) is 35.0 Å². The third-order valence-corrected chi connectivity index (χ3v) is 10.7. The van der Waals surface area contributed by atoms with Crippen LogP contribution in [0.1, 0.15) is 203 Å². The van der Waals surface area contributed by atoms with Crippen LogP contribution >= 0.6 is 0 Å². The number of carboxylic acid groups (broad SMARTS) is 1. The lowest BCUT2D eigenvalue weighted by Gasteiger charge is -2.46. The largest absolute Gasteiger partial charge is 0.481 e. The fourth-order valence-corrected chi connectivity index (χ4v) is 7.53. The van der Waals surface area contributed by atoms with Crippen molar-refractivity contribution < 1.29 is 19.4 Å². The van der Waals surface area contributed by atoms with Crippen molar-refractivity contribution >= 4 is 11.9 Å². The standard InChI is InChI=1S/C40H78O4/c1-9-13-27-35(11-3)31-40(34(7)8,39(43)44-32-36(12-4)28-14-10-2)37(33(5)6)29-25-23-21-19-17-15-16-18-20-22-24-26-30-38(41)42/h33-37H,9-32H2,1-8H3,(H,41,42). The maximum absolute atomic E-state index is 14.4. The molecule has 0 amide bonds. The van der Waals surface area contributed by atoms with Crippen molar-refractivity contribution in [3.63, 3.8) is 0 Å². The highest BCUT2D eigenvalue weighted by Crippen LogP contribution is 2.50. The van der Waals surface area contributed by atoms with E-state index >= 15 is 0 Å². The highest BCUT2D eigenvalue weighted by atomic mass is 16.5. The van der Waals surface area contributed by atoms with Crippen molar-refractivity contribution in [3.05, 3.63) is 0 Å². The molecule has 0 radical (unpaired) electrons. The van der Waals surface area contributed by atoms with Gasteiger partial charge in [0.05, 0.1) is 12.0 Å². The molecular weight excluding hydrogens is 544 g/mol. The van der Waals surface area contributed by atoms with Crippen LogP contribution in [0, 0.1) is 35.0 Å². The lowest BCUT2D eigenvalue weighted by Crippen LogP contribution is -2.48. The topological polar surface area (TPSA) is 63.6 Å². The normalized spacial score (nSPS) is 15.3. The second kappa shape index (κ2) is 27.1. The van der Waals surface area contributed by atoms with Crippen LogP contribution in [0.5, 0.6) is 0 Å². The lowest BCUT2D eigenvalue weighted by atomic mass is 9.58. The van der Waals surface area contributed by atoms with Gasteiger partial charge in [0, 0.05) is 6.42 Å². The fourth-order valence-electron chi connectivity index (χ4n) is 7.53. The second-order valence-corrected chi connectivity index (χ2v) is 14.9. The molecule has 1 N–H and O–H groups in total. The molecule has 0 aromatic heterocycles. The summed E-state index contributed by atoms with van der Waals surface area (Å²) in [7, 11) is 0. The number of esters is 1. The molecule has 4 heteroatoms. The van der Waals surface area contributed by atoms with E-state index in [1.807, 2.05) is 0 Å². The Morgan fingerprint density at radius 1 is 0.614 bits per heavy atom. The van der Waals surface area contributed by atoms with E-state index in [4.69, 9.17) is 9.84 Å². The molecule has 4 nitrogen and oxygen atoms in total. The maximum atomic E-state index is 14.4. The van der Waals surface area contributed by atoms with Crippen LogP contribution in [-0.4, -0.2) is 23.7 Å². The number of carboxylic acids is 1. The molecule has 0 aliphatic heterocycles. The molecule has 0 aromatic rings. The zero-order valence-electron chi connectivity index (χ0n) is 31.0. The average molecular weight is 623 g/mol. The minimum absolute atomic E-state index is 0.109. The summed E-state index contributed by atoms with van der Waals surface area (Å²) >= 11 is 0. The first kappa shape index (κ1) is 42.9. The Morgan fingerprint density at radius 3 is 1.48 bits per heavy atom. The molecule has 0 aromatic carbocycles. The van der Waals surface area contributed by atoms with Crippen LogP contribution in [0.2, 0.25) is 0 Å². The smallest absolute Gasteiger partial charge is 0.312 e. The molecule has 0 spiro atoms. The minimum atomic E-state index is -0.669. The van der Waals surface area contributed by atoms with Crippen LogP contribution in [-0.2, 0) is 14.3 Å². The molecule has 0 aliphatic rings. The summed E-state index contributed by atoms with van der Waals surface area (Å²) in [6.07, 6.45) is 26.5. The number of rotatable bonds is 31. The van der Waals surface area contributed by atoms with E-state index in [-0.39, 0.29) is 11.9 Å². The van der Waals surface area contributed by atoms with Crippen LogP contribution in [0.3, 0.4) is 0 Å². The van der Waals surface area contributed by atoms with E-state index in [2.05, 4.69) is 55.4 Å². The first-order chi connectivity index (χ1) is 21.1. The first-order valence-electron chi connectivity index (χ1n) is 19.5. The molecule has 0 heterocycles. The van der Waals surface area contributed by atoms with E-state index in [9.17, 15) is 9.59 Å². The molecule has 4 atom stereocenters. The Balaban J connectivity index is 5.16. The molecule has 4 unspecified atom stereocenters. The predicted molar refractivity (Wildman–Crippen MR) is 190 cm³/mol. The summed E-state index contributed by atoms with van der Waals surface area (Å²) in [6.45, 7) is 19.0. The van der Waals surface area contributed by atoms with Gasteiger partial charge in [-0.15, -0.1) is 0 Å². The fraction of sp³-hybridized carbons (Fsp3) is 0.950. The van der Waals surface area contributed by atoms with Gasteiger partial charge in [-0.3, -0.25) is 9.59 Å². The number of ether oxygens (including phenoxy) is 1. The summed E-state index contributed by atoms with van der Waals surface area (Å²) in [5, 5.41) is 8.74. The summed E-state index contributed by atoms with van der Waals surface area (Å²) in [5.74, 6) is 1.59. The zero-order chi connectivity index (χ0) is 33.2. The first-order valence-corrected chi connectivity index (χ1v) is 19.5. The Bertz CT molecular complexity index is 687. The van der Waals surface area contributed by atoms with Gasteiger partial charge < -0.3 is 9.84 Å². The van der Waals surface area contributed by atoms with Crippen molar-refractivity contribution in [1.82, 2.24) is 0 Å². The minimum Gasteiger partial charge on any atom is -0.481 e. The molecular formula is C40H78O4. The van der Waals surface area contributed by atoms with Gasteiger partial charge in [-0.2, -0.15) is 0 Å². The molecule has 262 valence electrons. The number of carbonyl (C=O) groups excluding carboxylic acids is 1. The van der Waals surface area contributed by atoms with E-state index in [1.165, 1.54) is 96.3 Å². The molecule has 0 bridgehead atoms. The second-order valence-electron chi connectivity index (χ2n) is 14.9. The van der Waals surface area contributed by atoms with E-state index in [0.717, 1.165) is 44.9 Å². The third-order valence-electron chi connectivity index (χ3n) is 10.7. The van der Waals surface area contributed by atoms with Crippen molar-refractivity contribution in [2.75, 3.05) is 6.61 Å². The van der Waals surface area contributed by atoms with Crippen LogP contribution in [0.15, 0.2) is 0 Å². The predicted octanol–water partition coefficient (Wildman–Crippen LogP) is 12.8. The van der Waals surface area contributed by atoms with Crippen LogP contribution < -0.4 is 0 Å². The maximum Gasteiger partial charge on any atom is 0.312 e. The summed E-state index contributed by atoms with van der Waals surface area (Å²) in [6, 6.07) is 0. The molecule has 0 rings (SSSR count). The number of hydrogen-bond donors (Lipinski definition) is 1. The van der Waals surface area contributed by atoms with Gasteiger partial charge in [0.25, 0.3) is 0 Å². The lowest BCUT2D eigenvalue weighted by molar-refractivity contribution is -0.170. The Hall–Kier alpha value is -1.06. The molecule has 0 aliphatic carbocycles. The third kappa shape index (κ3) is 18.2. The quantitative estimate of drug-likeness (QED) is 0.0617. The highest BCUT2D eigenvalue weighted by molar-refractivity contribution is 5.77. The molecule has 44 heavy (non-hydrogen) atoms. The summed E-state index contributed by atoms with van der Waals surface area (Å²) < 4.78 is 6.37. The number of aliphatic carboxylic acids is 1. The Morgan fingerprint density at radius 2 is 1.07 bits per heavy atom. The van der Waals surface area contributed by atoms with E-state index < -0.39 is 11.4 Å². The van der Waals surface area contributed by atoms with Crippen molar-refractivity contribution in [3.8, 4) is 0 Å². The van der Waals surface area contributed by atoms with Crippen LogP contribution in [0.4, 0.5) is 0 Å². The summed E-state index contributed by atoms with van der Waals surface area (Å²) in [5.41, 5.74) is -0.404. The van der Waals surface area contributed by atoms with Gasteiger partial charge in [0.2, 0.25) is 0 Å². The van der Waals surface area contributed by atoms with Gasteiger partial charge in [-0.05, 0) is 55.3 Å². The SMILES string of the molecule is CCCCC(CC)COC(=O)C(CC(CC)CCCC)(C(C)C)C(CCCCCCCCCCCCCCC(=O)O)C(C)C. The van der Waals surface area contributed by atoms with Crippen LogP contribution in [0.25, 0.3) is 0 Å². The monoisotopic (exact) mass is 623 g/mol. The zero-order valence-corrected chi connectivity index (χ0v) is 31.0. The molecule has 0 saturated carbocycles. The Labute approximate surface area is 275 Å². The molecule has 0 fully saturated rings. The molecule has 0 saturated heterocycles. The Kier molecular flexibility index (Phi) is 26.4. The van der Waals surface area contributed by atoms with Gasteiger partial charge >= 0.3 is 11.9 Å². The van der Waals surface area contributed by atoms with Gasteiger partial charge in [-0.1, -0.05) is 171 Å². The van der Waals surface area contributed by atoms with Gasteiger partial charge in [-0.25, -0.2) is 0 Å². The van der Waals surface area contributed by atoms with E-state index in [0.29, 0.717) is 36.7 Å².